The van der Waals surface area contributed by atoms with Crippen molar-refractivity contribution in [1.82, 2.24) is 0 Å². The smallest absolute Gasteiger partial charge is 0.0580 e. The molecule has 0 aromatic rings. The van der Waals surface area contributed by atoms with Gasteiger partial charge in [0.05, 0.1) is 12.2 Å². The molecule has 2 nitrogen and oxygen atoms in total. The number of aliphatic hydroxyl groups excluding tert-OH is 1. The third kappa shape index (κ3) is 3.28. The lowest BCUT2D eigenvalue weighted by Crippen LogP contribution is -2.34. The molecule has 2 heteroatoms. The molecule has 1 rings (SSSR count). The van der Waals surface area contributed by atoms with Crippen LogP contribution < -0.4 is 0 Å². The van der Waals surface area contributed by atoms with Crippen molar-refractivity contribution in [3.63, 3.8) is 0 Å². The van der Waals surface area contributed by atoms with Crippen LogP contribution in [0.1, 0.15) is 40.0 Å². The fourth-order valence-electron chi connectivity index (χ4n) is 1.85. The van der Waals surface area contributed by atoms with Gasteiger partial charge in [-0.15, -0.1) is 0 Å². The average molecular weight is 186 g/mol. The molecule has 0 aliphatic heterocycles. The van der Waals surface area contributed by atoms with E-state index in [9.17, 15) is 5.11 Å². The van der Waals surface area contributed by atoms with Crippen LogP contribution in [0.3, 0.4) is 0 Å². The van der Waals surface area contributed by atoms with Gasteiger partial charge in [-0.05, 0) is 38.0 Å². The van der Waals surface area contributed by atoms with Gasteiger partial charge in [0.25, 0.3) is 0 Å². The Bertz CT molecular complexity index is 139. The van der Waals surface area contributed by atoms with E-state index in [2.05, 4.69) is 13.8 Å². The molecule has 0 aromatic heterocycles. The van der Waals surface area contributed by atoms with E-state index in [-0.39, 0.29) is 6.10 Å². The molecule has 1 saturated carbocycles. The highest BCUT2D eigenvalue weighted by Crippen LogP contribution is 2.34. The monoisotopic (exact) mass is 186 g/mol. The Hall–Kier alpha value is -0.0800. The summed E-state index contributed by atoms with van der Waals surface area (Å²) in [5, 5.41) is 9.64. The van der Waals surface area contributed by atoms with Gasteiger partial charge < -0.3 is 9.84 Å². The van der Waals surface area contributed by atoms with Crippen molar-refractivity contribution in [3.05, 3.63) is 0 Å². The minimum Gasteiger partial charge on any atom is -0.393 e. The van der Waals surface area contributed by atoms with Crippen LogP contribution in [0, 0.1) is 11.8 Å². The highest BCUT2D eigenvalue weighted by molar-refractivity contribution is 4.82. The zero-order valence-electron chi connectivity index (χ0n) is 8.99. The van der Waals surface area contributed by atoms with E-state index < -0.39 is 0 Å². The second-order valence-electron chi connectivity index (χ2n) is 4.46. The van der Waals surface area contributed by atoms with E-state index in [0.717, 1.165) is 25.9 Å². The Morgan fingerprint density at radius 1 is 1.38 bits per heavy atom. The molecule has 1 N–H and O–H groups in total. The first kappa shape index (κ1) is 11.0. The van der Waals surface area contributed by atoms with Crippen LogP contribution in [0.4, 0.5) is 0 Å². The van der Waals surface area contributed by atoms with Crippen LogP contribution in [0.25, 0.3) is 0 Å². The molecule has 1 aliphatic rings. The molecule has 1 fully saturated rings. The fraction of sp³-hybridized carbons (Fsp3) is 1.00. The van der Waals surface area contributed by atoms with E-state index in [1.807, 2.05) is 6.92 Å². The molecule has 0 saturated heterocycles. The highest BCUT2D eigenvalue weighted by Gasteiger charge is 2.31. The predicted octanol–water partition coefficient (Wildman–Crippen LogP) is 2.21. The van der Waals surface area contributed by atoms with E-state index in [4.69, 9.17) is 4.74 Å². The summed E-state index contributed by atoms with van der Waals surface area (Å²) in [4.78, 5) is 0. The second kappa shape index (κ2) is 4.97. The van der Waals surface area contributed by atoms with Crippen molar-refractivity contribution >= 4 is 0 Å². The molecule has 0 spiro atoms. The number of aliphatic hydroxyl groups is 1. The number of hydrogen-bond donors (Lipinski definition) is 1. The maximum atomic E-state index is 9.64. The van der Waals surface area contributed by atoms with Crippen molar-refractivity contribution in [1.29, 1.82) is 0 Å². The molecule has 0 radical (unpaired) electrons. The van der Waals surface area contributed by atoms with Crippen molar-refractivity contribution in [2.75, 3.05) is 6.61 Å². The van der Waals surface area contributed by atoms with Gasteiger partial charge in [-0.25, -0.2) is 0 Å². The standard InChI is InChI=1S/C11H22O2/c1-4-13-10-5-9(6-10)7-11(12)8(2)3/h8-12H,4-7H2,1-3H3. The van der Waals surface area contributed by atoms with Crippen molar-refractivity contribution in [2.45, 2.75) is 52.2 Å². The van der Waals surface area contributed by atoms with E-state index in [0.29, 0.717) is 17.9 Å². The maximum Gasteiger partial charge on any atom is 0.0580 e. The first-order valence-corrected chi connectivity index (χ1v) is 5.43. The Labute approximate surface area is 81.3 Å². The van der Waals surface area contributed by atoms with E-state index in [1.165, 1.54) is 0 Å². The van der Waals surface area contributed by atoms with Crippen molar-refractivity contribution in [2.24, 2.45) is 11.8 Å². The van der Waals surface area contributed by atoms with Gasteiger partial charge >= 0.3 is 0 Å². The van der Waals surface area contributed by atoms with Gasteiger partial charge in [0.2, 0.25) is 0 Å². The normalized spacial score (nSPS) is 30.2. The van der Waals surface area contributed by atoms with Gasteiger partial charge in [-0.3, -0.25) is 0 Å². The molecular formula is C11H22O2. The van der Waals surface area contributed by atoms with E-state index in [1.54, 1.807) is 0 Å². The Balaban J connectivity index is 2.07. The van der Waals surface area contributed by atoms with Crippen molar-refractivity contribution in [3.8, 4) is 0 Å². The van der Waals surface area contributed by atoms with Crippen LogP contribution in [-0.4, -0.2) is 23.9 Å². The Morgan fingerprint density at radius 3 is 2.46 bits per heavy atom. The SMILES string of the molecule is CCOC1CC(CC(O)C(C)C)C1. The molecule has 1 atom stereocenters. The first-order valence-electron chi connectivity index (χ1n) is 5.43. The zero-order chi connectivity index (χ0) is 9.84. The summed E-state index contributed by atoms with van der Waals surface area (Å²) < 4.78 is 5.47. The quantitative estimate of drug-likeness (QED) is 0.713. The van der Waals surface area contributed by atoms with Gasteiger partial charge in [0.15, 0.2) is 0 Å². The summed E-state index contributed by atoms with van der Waals surface area (Å²) in [7, 11) is 0. The van der Waals surface area contributed by atoms with E-state index >= 15 is 0 Å². The summed E-state index contributed by atoms with van der Waals surface area (Å²) in [5.74, 6) is 1.10. The minimum atomic E-state index is -0.118. The topological polar surface area (TPSA) is 29.5 Å². The van der Waals surface area contributed by atoms with Crippen LogP contribution in [-0.2, 0) is 4.74 Å². The molecule has 0 amide bonds. The van der Waals surface area contributed by atoms with Crippen LogP contribution in [0.5, 0.6) is 0 Å². The summed E-state index contributed by atoms with van der Waals surface area (Å²) in [6.07, 6.45) is 3.62. The average Bonchev–Trinajstić information content (AvgIpc) is 2.00. The van der Waals surface area contributed by atoms with Crippen LogP contribution in [0.2, 0.25) is 0 Å². The maximum absolute atomic E-state index is 9.64. The number of rotatable bonds is 5. The molecule has 0 bridgehead atoms. The summed E-state index contributed by atoms with van der Waals surface area (Å²) in [6, 6.07) is 0. The molecule has 0 aromatic carbocycles. The molecular weight excluding hydrogens is 164 g/mol. The minimum absolute atomic E-state index is 0.118. The Morgan fingerprint density at radius 2 is 2.00 bits per heavy atom. The zero-order valence-corrected chi connectivity index (χ0v) is 8.99. The third-order valence-corrected chi connectivity index (χ3v) is 2.94. The van der Waals surface area contributed by atoms with Gasteiger partial charge in [0, 0.05) is 6.61 Å². The van der Waals surface area contributed by atoms with Crippen molar-refractivity contribution < 1.29 is 9.84 Å². The lowest BCUT2D eigenvalue weighted by Gasteiger charge is -2.36. The molecule has 78 valence electrons. The molecule has 1 unspecified atom stereocenters. The molecule has 13 heavy (non-hydrogen) atoms. The molecule has 1 aliphatic carbocycles. The lowest BCUT2D eigenvalue weighted by atomic mass is 9.77. The fourth-order valence-corrected chi connectivity index (χ4v) is 1.85. The highest BCUT2D eigenvalue weighted by atomic mass is 16.5. The van der Waals surface area contributed by atoms with Gasteiger partial charge in [-0.1, -0.05) is 13.8 Å². The largest absolute Gasteiger partial charge is 0.393 e. The van der Waals surface area contributed by atoms with Gasteiger partial charge in [-0.2, -0.15) is 0 Å². The number of hydrogen-bond acceptors (Lipinski definition) is 2. The van der Waals surface area contributed by atoms with Crippen LogP contribution >= 0.6 is 0 Å². The summed E-state index contributed by atoms with van der Waals surface area (Å²) in [6.45, 7) is 7.01. The van der Waals surface area contributed by atoms with Crippen LogP contribution in [0.15, 0.2) is 0 Å². The first-order chi connectivity index (χ1) is 6.13. The second-order valence-corrected chi connectivity index (χ2v) is 4.46. The number of ether oxygens (including phenoxy) is 1. The molecule has 0 heterocycles. The third-order valence-electron chi connectivity index (χ3n) is 2.94. The van der Waals surface area contributed by atoms with Gasteiger partial charge in [0.1, 0.15) is 0 Å². The predicted molar refractivity (Wildman–Crippen MR) is 53.6 cm³/mol. The summed E-state index contributed by atoms with van der Waals surface area (Å²) in [5.41, 5.74) is 0. The Kier molecular flexibility index (Phi) is 4.20. The summed E-state index contributed by atoms with van der Waals surface area (Å²) >= 11 is 0. The lowest BCUT2D eigenvalue weighted by molar-refractivity contribution is -0.0419.